The second-order valence-electron chi connectivity index (χ2n) is 5.20. The Labute approximate surface area is 146 Å². The third-order valence-corrected chi connectivity index (χ3v) is 3.38. The van der Waals surface area contributed by atoms with E-state index in [2.05, 4.69) is 25.6 Å². The van der Waals surface area contributed by atoms with Crippen LogP contribution in [0.15, 0.2) is 42.7 Å². The fraction of sp³-hybridized carbons (Fsp3) is 0.118. The highest BCUT2D eigenvalue weighted by Crippen LogP contribution is 2.27. The summed E-state index contributed by atoms with van der Waals surface area (Å²) in [6, 6.07) is 6.42. The number of hydrogen-bond donors (Lipinski definition) is 3. The number of aliphatic hydroxyl groups excluding tert-OH is 1. The minimum atomic E-state index is -1.35. The quantitative estimate of drug-likeness (QED) is 0.585. The molecule has 0 aliphatic rings. The van der Waals surface area contributed by atoms with Crippen molar-refractivity contribution in [2.75, 3.05) is 23.8 Å². The molecule has 0 aliphatic heterocycles. The van der Waals surface area contributed by atoms with Crippen molar-refractivity contribution in [3.63, 3.8) is 0 Å². The maximum Gasteiger partial charge on any atom is 0.225 e. The van der Waals surface area contributed by atoms with Crippen molar-refractivity contribution in [2.45, 2.75) is 0 Å². The van der Waals surface area contributed by atoms with Crippen molar-refractivity contribution in [2.24, 2.45) is 0 Å². The van der Waals surface area contributed by atoms with Crippen LogP contribution in [-0.2, 0) is 0 Å². The first-order chi connectivity index (χ1) is 12.6. The lowest BCUT2D eigenvalue weighted by molar-refractivity contribution is 0.311. The average molecular weight is 361 g/mol. The number of halogens is 3. The molecule has 26 heavy (non-hydrogen) atoms. The predicted molar refractivity (Wildman–Crippen MR) is 90.4 cm³/mol. The van der Waals surface area contributed by atoms with E-state index in [0.29, 0.717) is 17.3 Å². The number of aromatic nitrogens is 3. The highest BCUT2D eigenvalue weighted by Gasteiger charge is 2.16. The van der Waals surface area contributed by atoms with Crippen LogP contribution in [0.25, 0.3) is 11.3 Å². The van der Waals surface area contributed by atoms with E-state index in [1.54, 1.807) is 24.5 Å². The Morgan fingerprint density at radius 3 is 2.58 bits per heavy atom. The molecule has 0 amide bonds. The standard InChI is InChI=1S/C17H14F3N5O/c18-11-3-4-12(19)16(15(11)20)24-14-8-13(10-2-1-5-21-9-10)23-17(25-14)22-6-7-26/h1-5,8-9,26H,6-7H2,(H2,22,23,24,25). The molecular formula is C17H14F3N5O. The van der Waals surface area contributed by atoms with Crippen LogP contribution in [0.3, 0.4) is 0 Å². The van der Waals surface area contributed by atoms with Crippen LogP contribution in [0, 0.1) is 17.5 Å². The lowest BCUT2D eigenvalue weighted by Crippen LogP contribution is -2.10. The fourth-order valence-electron chi connectivity index (χ4n) is 2.19. The fourth-order valence-corrected chi connectivity index (χ4v) is 2.19. The molecule has 0 unspecified atom stereocenters. The van der Waals surface area contributed by atoms with Gasteiger partial charge in [-0.15, -0.1) is 0 Å². The van der Waals surface area contributed by atoms with Crippen molar-refractivity contribution in [1.29, 1.82) is 0 Å². The number of rotatable bonds is 6. The molecule has 0 bridgehead atoms. The molecule has 2 heterocycles. The van der Waals surface area contributed by atoms with Crippen LogP contribution >= 0.6 is 0 Å². The third kappa shape index (κ3) is 3.89. The Morgan fingerprint density at radius 2 is 1.85 bits per heavy atom. The lowest BCUT2D eigenvalue weighted by Gasteiger charge is -2.12. The summed E-state index contributed by atoms with van der Waals surface area (Å²) < 4.78 is 41.2. The van der Waals surface area contributed by atoms with Gasteiger partial charge in [-0.2, -0.15) is 4.98 Å². The van der Waals surface area contributed by atoms with Crippen molar-refractivity contribution < 1.29 is 18.3 Å². The molecule has 3 rings (SSSR count). The molecule has 1 aromatic carbocycles. The summed E-state index contributed by atoms with van der Waals surface area (Å²) >= 11 is 0. The number of nitrogens with zero attached hydrogens (tertiary/aromatic N) is 3. The lowest BCUT2D eigenvalue weighted by atomic mass is 10.2. The van der Waals surface area contributed by atoms with E-state index in [9.17, 15) is 13.2 Å². The van der Waals surface area contributed by atoms with Crippen LogP contribution in [0.4, 0.5) is 30.6 Å². The third-order valence-electron chi connectivity index (χ3n) is 3.38. The Balaban J connectivity index is 2.02. The summed E-state index contributed by atoms with van der Waals surface area (Å²) in [5, 5.41) is 14.2. The van der Waals surface area contributed by atoms with Gasteiger partial charge in [-0.1, -0.05) is 0 Å². The first-order valence-corrected chi connectivity index (χ1v) is 7.63. The van der Waals surface area contributed by atoms with Gasteiger partial charge in [-0.05, 0) is 24.3 Å². The van der Waals surface area contributed by atoms with Gasteiger partial charge in [0, 0.05) is 30.6 Å². The Bertz CT molecular complexity index is 908. The number of hydrogen-bond acceptors (Lipinski definition) is 6. The highest BCUT2D eigenvalue weighted by atomic mass is 19.2. The summed E-state index contributed by atoms with van der Waals surface area (Å²) in [6.07, 6.45) is 3.15. The van der Waals surface area contributed by atoms with Crippen LogP contribution in [0.2, 0.25) is 0 Å². The van der Waals surface area contributed by atoms with Crippen molar-refractivity contribution in [3.8, 4) is 11.3 Å². The second-order valence-corrected chi connectivity index (χ2v) is 5.20. The smallest absolute Gasteiger partial charge is 0.225 e. The first kappa shape index (κ1) is 17.6. The SMILES string of the molecule is OCCNc1nc(Nc2c(F)ccc(F)c2F)cc(-c2cccnc2)n1. The monoisotopic (exact) mass is 361 g/mol. The van der Waals surface area contributed by atoms with E-state index >= 15 is 0 Å². The van der Waals surface area contributed by atoms with Crippen molar-refractivity contribution >= 4 is 17.5 Å². The van der Waals surface area contributed by atoms with E-state index in [1.807, 2.05) is 0 Å². The number of nitrogens with one attached hydrogen (secondary N) is 2. The van der Waals surface area contributed by atoms with Gasteiger partial charge in [0.25, 0.3) is 0 Å². The van der Waals surface area contributed by atoms with Crippen LogP contribution in [0.1, 0.15) is 0 Å². The Morgan fingerprint density at radius 1 is 1.04 bits per heavy atom. The normalized spacial score (nSPS) is 10.6. The number of benzene rings is 1. The summed E-state index contributed by atoms with van der Waals surface area (Å²) in [4.78, 5) is 12.3. The van der Waals surface area contributed by atoms with Gasteiger partial charge >= 0.3 is 0 Å². The molecule has 6 nitrogen and oxygen atoms in total. The van der Waals surface area contributed by atoms with Crippen molar-refractivity contribution in [3.05, 3.63) is 60.2 Å². The summed E-state index contributed by atoms with van der Waals surface area (Å²) in [7, 11) is 0. The number of anilines is 3. The molecule has 9 heteroatoms. The summed E-state index contributed by atoms with van der Waals surface area (Å²) in [5.41, 5.74) is 0.410. The summed E-state index contributed by atoms with van der Waals surface area (Å²) in [6.45, 7) is 0.0228. The van der Waals surface area contributed by atoms with E-state index in [4.69, 9.17) is 5.11 Å². The molecule has 0 atom stereocenters. The van der Waals surface area contributed by atoms with Crippen LogP contribution in [0.5, 0.6) is 0 Å². The van der Waals surface area contributed by atoms with Gasteiger partial charge in [0.05, 0.1) is 12.3 Å². The molecule has 0 saturated carbocycles. The number of pyridine rings is 1. The van der Waals surface area contributed by atoms with Crippen LogP contribution in [-0.4, -0.2) is 33.2 Å². The average Bonchev–Trinajstić information content (AvgIpc) is 2.67. The van der Waals surface area contributed by atoms with Gasteiger partial charge in [-0.3, -0.25) is 4.98 Å². The minimum Gasteiger partial charge on any atom is -0.395 e. The highest BCUT2D eigenvalue weighted by molar-refractivity contribution is 5.67. The molecule has 0 spiro atoms. The molecule has 0 fully saturated rings. The van der Waals surface area contributed by atoms with E-state index < -0.39 is 23.1 Å². The Hall–Kier alpha value is -3.20. The summed E-state index contributed by atoms with van der Waals surface area (Å²) in [5.74, 6) is -3.33. The Kier molecular flexibility index (Phi) is 5.28. The maximum atomic E-state index is 13.9. The maximum absolute atomic E-state index is 13.9. The molecule has 0 saturated heterocycles. The van der Waals surface area contributed by atoms with Crippen LogP contribution < -0.4 is 10.6 Å². The van der Waals surface area contributed by atoms with Gasteiger partial charge in [0.1, 0.15) is 17.3 Å². The van der Waals surface area contributed by atoms with E-state index in [-0.39, 0.29) is 24.9 Å². The zero-order chi connectivity index (χ0) is 18.5. The topological polar surface area (TPSA) is 83.0 Å². The minimum absolute atomic E-state index is 0.0442. The van der Waals surface area contributed by atoms with Gasteiger partial charge in [0.15, 0.2) is 11.6 Å². The molecule has 0 aliphatic carbocycles. The second kappa shape index (κ2) is 7.79. The van der Waals surface area contributed by atoms with Crippen molar-refractivity contribution in [1.82, 2.24) is 15.0 Å². The van der Waals surface area contributed by atoms with E-state index in [0.717, 1.165) is 6.07 Å². The molecule has 3 aromatic rings. The first-order valence-electron chi connectivity index (χ1n) is 7.63. The van der Waals surface area contributed by atoms with Gasteiger partial charge in [-0.25, -0.2) is 18.2 Å². The molecular weight excluding hydrogens is 347 g/mol. The molecule has 3 N–H and O–H groups in total. The zero-order valence-electron chi connectivity index (χ0n) is 13.4. The zero-order valence-corrected chi connectivity index (χ0v) is 13.4. The number of aliphatic hydroxyl groups is 1. The molecule has 2 aromatic heterocycles. The van der Waals surface area contributed by atoms with E-state index in [1.165, 1.54) is 6.07 Å². The largest absolute Gasteiger partial charge is 0.395 e. The predicted octanol–water partition coefficient (Wildman–Crippen LogP) is 3.10. The molecule has 134 valence electrons. The van der Waals surface area contributed by atoms with Gasteiger partial charge < -0.3 is 15.7 Å². The molecule has 0 radical (unpaired) electrons. The van der Waals surface area contributed by atoms with Gasteiger partial charge in [0.2, 0.25) is 5.95 Å².